The summed E-state index contributed by atoms with van der Waals surface area (Å²) in [6.45, 7) is 4.04. The zero-order valence-corrected chi connectivity index (χ0v) is 23.5. The standard InChI is InChI=1S/C31H36N6O4/c1-2-3-4-15-39-27-8-6-24-28(37-27)23(21(16-32)17-33-24)9-10-31-13-11-30(12-14-31,20-41-31)34-18-22-5-7-25-29(35-22)36-26(38)19-40-25/h5-8,17,34H,2-4,9-15,18-20H2,1H3,(H,35,36,38). The van der Waals surface area contributed by atoms with E-state index in [9.17, 15) is 10.1 Å². The van der Waals surface area contributed by atoms with Crippen molar-refractivity contribution in [3.8, 4) is 17.7 Å². The number of ether oxygens (including phenoxy) is 3. The highest BCUT2D eigenvalue weighted by atomic mass is 16.5. The topological polar surface area (TPSA) is 131 Å². The second-order valence-corrected chi connectivity index (χ2v) is 11.4. The Labute approximate surface area is 239 Å². The first-order valence-corrected chi connectivity index (χ1v) is 14.6. The minimum atomic E-state index is -0.203. The largest absolute Gasteiger partial charge is 0.480 e. The van der Waals surface area contributed by atoms with Crippen LogP contribution in [0.2, 0.25) is 0 Å². The fourth-order valence-electron chi connectivity index (χ4n) is 6.11. The molecule has 0 radical (unpaired) electrons. The molecule has 6 heterocycles. The normalized spacial score (nSPS) is 23.0. The van der Waals surface area contributed by atoms with Crippen molar-refractivity contribution in [2.45, 2.75) is 82.4 Å². The monoisotopic (exact) mass is 556 g/mol. The lowest BCUT2D eigenvalue weighted by Crippen LogP contribution is -2.61. The molecule has 0 unspecified atom stereocenters. The number of nitriles is 1. The first-order valence-electron chi connectivity index (χ1n) is 14.6. The van der Waals surface area contributed by atoms with Gasteiger partial charge in [0.2, 0.25) is 5.88 Å². The second-order valence-electron chi connectivity index (χ2n) is 11.4. The molecule has 4 aliphatic rings. The maximum Gasteiger partial charge on any atom is 0.263 e. The highest BCUT2D eigenvalue weighted by Gasteiger charge is 2.49. The maximum atomic E-state index is 11.7. The van der Waals surface area contributed by atoms with Gasteiger partial charge >= 0.3 is 0 Å². The smallest absolute Gasteiger partial charge is 0.263 e. The third-order valence-electron chi connectivity index (χ3n) is 8.69. The molecule has 2 N–H and O–H groups in total. The van der Waals surface area contributed by atoms with Crippen LogP contribution < -0.4 is 20.1 Å². The van der Waals surface area contributed by atoms with Crippen LogP contribution in [0, 0.1) is 11.3 Å². The van der Waals surface area contributed by atoms with Gasteiger partial charge in [-0.1, -0.05) is 19.8 Å². The molecule has 41 heavy (non-hydrogen) atoms. The Morgan fingerprint density at radius 3 is 2.80 bits per heavy atom. The van der Waals surface area contributed by atoms with Crippen LogP contribution >= 0.6 is 0 Å². The molecular weight excluding hydrogens is 520 g/mol. The van der Waals surface area contributed by atoms with Gasteiger partial charge in [-0.15, -0.1) is 0 Å². The molecular formula is C31H36N6O4. The van der Waals surface area contributed by atoms with Crippen molar-refractivity contribution in [2.75, 3.05) is 25.1 Å². The van der Waals surface area contributed by atoms with Crippen molar-refractivity contribution in [3.63, 3.8) is 0 Å². The molecule has 0 spiro atoms. The fourth-order valence-corrected chi connectivity index (χ4v) is 6.11. The predicted molar refractivity (Wildman–Crippen MR) is 153 cm³/mol. The van der Waals surface area contributed by atoms with Gasteiger partial charge in [-0.25, -0.2) is 9.97 Å². The van der Waals surface area contributed by atoms with Crippen molar-refractivity contribution in [1.29, 1.82) is 5.26 Å². The predicted octanol–water partition coefficient (Wildman–Crippen LogP) is 4.60. The van der Waals surface area contributed by atoms with Gasteiger partial charge in [0.25, 0.3) is 5.91 Å². The summed E-state index contributed by atoms with van der Waals surface area (Å²) in [6, 6.07) is 9.89. The molecule has 10 nitrogen and oxygen atoms in total. The minimum Gasteiger partial charge on any atom is -0.480 e. The molecule has 2 saturated heterocycles. The van der Waals surface area contributed by atoms with E-state index in [-0.39, 0.29) is 23.7 Å². The maximum absolute atomic E-state index is 11.7. The number of aryl methyl sites for hydroxylation is 1. The van der Waals surface area contributed by atoms with Gasteiger partial charge in [-0.05, 0) is 68.7 Å². The van der Waals surface area contributed by atoms with Crippen LogP contribution in [0.1, 0.15) is 75.1 Å². The van der Waals surface area contributed by atoms with Crippen LogP contribution in [0.4, 0.5) is 5.82 Å². The number of amides is 1. The summed E-state index contributed by atoms with van der Waals surface area (Å²) < 4.78 is 17.9. The SMILES string of the molecule is CCCCCOc1ccc2ncc(C#N)c(CCC34CCC(NCc5ccc6c(n5)NC(=O)CO6)(CC3)CO4)c2n1. The van der Waals surface area contributed by atoms with E-state index in [0.717, 1.165) is 73.7 Å². The Hall–Kier alpha value is -3.81. The molecule has 214 valence electrons. The van der Waals surface area contributed by atoms with Crippen molar-refractivity contribution in [3.05, 3.63) is 47.3 Å². The molecule has 1 saturated carbocycles. The van der Waals surface area contributed by atoms with E-state index >= 15 is 0 Å². The number of nitrogens with zero attached hydrogens (tertiary/aromatic N) is 4. The molecule has 0 atom stereocenters. The third-order valence-corrected chi connectivity index (χ3v) is 8.69. The molecule has 3 aromatic rings. The zero-order chi connectivity index (χ0) is 28.3. The summed E-state index contributed by atoms with van der Waals surface area (Å²) in [5, 5.41) is 16.3. The average Bonchev–Trinajstić information content (AvgIpc) is 3.01. The van der Waals surface area contributed by atoms with Gasteiger partial charge in [-0.2, -0.15) is 5.26 Å². The summed E-state index contributed by atoms with van der Waals surface area (Å²) in [7, 11) is 0. The van der Waals surface area contributed by atoms with Crippen LogP contribution in [0.3, 0.4) is 0 Å². The van der Waals surface area contributed by atoms with Crippen molar-refractivity contribution in [2.24, 2.45) is 0 Å². The number of aromatic nitrogens is 3. The van der Waals surface area contributed by atoms with Crippen molar-refractivity contribution >= 4 is 22.8 Å². The molecule has 7 rings (SSSR count). The average molecular weight is 557 g/mol. The first-order chi connectivity index (χ1) is 20.0. The van der Waals surface area contributed by atoms with Gasteiger partial charge in [-0.3, -0.25) is 9.78 Å². The van der Waals surface area contributed by atoms with Crippen LogP contribution in [-0.4, -0.2) is 51.8 Å². The Bertz CT molecular complexity index is 1460. The van der Waals surface area contributed by atoms with Gasteiger partial charge in [0.15, 0.2) is 18.2 Å². The summed E-state index contributed by atoms with van der Waals surface area (Å²) in [5.41, 5.74) is 3.56. The zero-order valence-electron chi connectivity index (χ0n) is 23.5. The highest BCUT2D eigenvalue weighted by molar-refractivity contribution is 5.94. The molecule has 3 fully saturated rings. The molecule has 3 aliphatic heterocycles. The number of unbranched alkanes of at least 4 members (excludes halogenated alkanes) is 2. The van der Waals surface area contributed by atoms with E-state index in [4.69, 9.17) is 19.2 Å². The number of hydrogen-bond donors (Lipinski definition) is 2. The fraction of sp³-hybridized carbons (Fsp3) is 0.516. The number of carbonyl (C=O) groups is 1. The lowest BCUT2D eigenvalue weighted by Gasteiger charge is -2.53. The summed E-state index contributed by atoms with van der Waals surface area (Å²) in [5.74, 6) is 1.47. The lowest BCUT2D eigenvalue weighted by atomic mass is 9.69. The van der Waals surface area contributed by atoms with Gasteiger partial charge in [0, 0.05) is 24.3 Å². The number of fused-ring (bicyclic) bond motifs is 5. The van der Waals surface area contributed by atoms with Crippen molar-refractivity contribution in [1.82, 2.24) is 20.3 Å². The number of hydrogen-bond acceptors (Lipinski definition) is 9. The third kappa shape index (κ3) is 5.83. The second kappa shape index (κ2) is 11.6. The molecule has 0 aromatic carbocycles. The van der Waals surface area contributed by atoms with E-state index in [1.54, 1.807) is 6.20 Å². The Balaban J connectivity index is 1.09. The van der Waals surface area contributed by atoms with Gasteiger partial charge in [0.1, 0.15) is 6.07 Å². The number of carbonyl (C=O) groups excluding carboxylic acids is 1. The van der Waals surface area contributed by atoms with Crippen LogP contribution in [0.25, 0.3) is 11.0 Å². The molecule has 10 heteroatoms. The van der Waals surface area contributed by atoms with Crippen LogP contribution in [-0.2, 0) is 22.5 Å². The van der Waals surface area contributed by atoms with Crippen LogP contribution in [0.5, 0.6) is 11.6 Å². The minimum absolute atomic E-state index is 0.0226. The Morgan fingerprint density at radius 2 is 2.02 bits per heavy atom. The highest BCUT2D eigenvalue weighted by Crippen LogP contribution is 2.46. The first kappa shape index (κ1) is 27.4. The Morgan fingerprint density at radius 1 is 1.15 bits per heavy atom. The van der Waals surface area contributed by atoms with E-state index < -0.39 is 0 Å². The van der Waals surface area contributed by atoms with Crippen LogP contribution in [0.15, 0.2) is 30.5 Å². The molecule has 3 aromatic heterocycles. The summed E-state index contributed by atoms with van der Waals surface area (Å²) >= 11 is 0. The van der Waals surface area contributed by atoms with E-state index in [1.807, 2.05) is 24.3 Å². The van der Waals surface area contributed by atoms with E-state index in [0.29, 0.717) is 49.2 Å². The number of rotatable bonds is 11. The summed E-state index contributed by atoms with van der Waals surface area (Å²) in [4.78, 5) is 25.5. The number of pyridine rings is 3. The van der Waals surface area contributed by atoms with Crippen molar-refractivity contribution < 1.29 is 19.0 Å². The lowest BCUT2D eigenvalue weighted by molar-refractivity contribution is -0.165. The van der Waals surface area contributed by atoms with Gasteiger partial charge < -0.3 is 24.8 Å². The Kier molecular flexibility index (Phi) is 7.73. The molecule has 2 bridgehead atoms. The molecule has 1 amide bonds. The quantitative estimate of drug-likeness (QED) is 0.325. The summed E-state index contributed by atoms with van der Waals surface area (Å²) in [6.07, 6.45) is 10.3. The molecule has 1 aliphatic carbocycles. The number of anilines is 1. The van der Waals surface area contributed by atoms with E-state index in [1.165, 1.54) is 0 Å². The van der Waals surface area contributed by atoms with E-state index in [2.05, 4.69) is 33.6 Å². The van der Waals surface area contributed by atoms with Gasteiger partial charge in [0.05, 0.1) is 41.1 Å². The number of nitrogens with one attached hydrogen (secondary N) is 2.